The molecule has 6 heteroatoms. The van der Waals surface area contributed by atoms with Crippen LogP contribution in [0.5, 0.6) is 0 Å². The third-order valence-corrected chi connectivity index (χ3v) is 4.25. The van der Waals surface area contributed by atoms with E-state index >= 15 is 0 Å². The topological polar surface area (TPSA) is 78.7 Å². The smallest absolute Gasteiger partial charge is 0.315 e. The van der Waals surface area contributed by atoms with E-state index in [0.29, 0.717) is 19.4 Å². The van der Waals surface area contributed by atoms with Gasteiger partial charge in [0.05, 0.1) is 5.69 Å². The molecule has 6 nitrogen and oxygen atoms in total. The second-order valence-electron chi connectivity index (χ2n) is 6.17. The molecule has 0 aliphatic heterocycles. The van der Waals surface area contributed by atoms with Crippen molar-refractivity contribution in [2.45, 2.75) is 45.6 Å². The molecule has 2 heterocycles. The van der Waals surface area contributed by atoms with Gasteiger partial charge in [-0.1, -0.05) is 13.0 Å². The van der Waals surface area contributed by atoms with Gasteiger partial charge in [-0.05, 0) is 38.3 Å². The van der Waals surface area contributed by atoms with Crippen molar-refractivity contribution in [1.29, 1.82) is 0 Å². The van der Waals surface area contributed by atoms with Crippen LogP contribution in [0.3, 0.4) is 0 Å². The van der Waals surface area contributed by atoms with E-state index < -0.39 is 0 Å². The Morgan fingerprint density at radius 2 is 2.26 bits per heavy atom. The summed E-state index contributed by atoms with van der Waals surface area (Å²) in [4.78, 5) is 16.6. The average Bonchev–Trinajstić information content (AvgIpc) is 2.92. The molecule has 23 heavy (non-hydrogen) atoms. The third kappa shape index (κ3) is 4.45. The van der Waals surface area contributed by atoms with E-state index in [-0.39, 0.29) is 18.2 Å². The van der Waals surface area contributed by atoms with Crippen molar-refractivity contribution in [1.82, 2.24) is 20.0 Å². The van der Waals surface area contributed by atoms with Gasteiger partial charge in [0.2, 0.25) is 0 Å². The van der Waals surface area contributed by atoms with Gasteiger partial charge in [0.1, 0.15) is 5.65 Å². The van der Waals surface area contributed by atoms with Crippen molar-refractivity contribution >= 4 is 11.7 Å². The van der Waals surface area contributed by atoms with Gasteiger partial charge in [0.25, 0.3) is 0 Å². The van der Waals surface area contributed by atoms with E-state index in [1.165, 1.54) is 0 Å². The minimum atomic E-state index is -0.376. The zero-order chi connectivity index (χ0) is 16.9. The summed E-state index contributed by atoms with van der Waals surface area (Å²) in [6.07, 6.45) is 5.96. The maximum Gasteiger partial charge on any atom is 0.315 e. The molecule has 2 amide bonds. The number of imidazole rings is 1. The number of aryl methyl sites for hydroxylation is 1. The summed E-state index contributed by atoms with van der Waals surface area (Å²) in [5.74, 6) is 0. The Morgan fingerprint density at radius 1 is 1.48 bits per heavy atom. The van der Waals surface area contributed by atoms with Crippen LogP contribution in [0.1, 0.15) is 37.9 Å². The fraction of sp³-hybridized carbons (Fsp3) is 0.529. The van der Waals surface area contributed by atoms with Gasteiger partial charge in [-0.3, -0.25) is 0 Å². The number of hydrogen-bond donors (Lipinski definition) is 3. The van der Waals surface area contributed by atoms with E-state index in [4.69, 9.17) is 5.11 Å². The lowest BCUT2D eigenvalue weighted by atomic mass is 9.95. The molecular formula is C17H26N4O2. The molecule has 1 unspecified atom stereocenters. The molecule has 2 aromatic heterocycles. The summed E-state index contributed by atoms with van der Waals surface area (Å²) < 4.78 is 2.00. The molecule has 0 aliphatic carbocycles. The van der Waals surface area contributed by atoms with E-state index in [9.17, 15) is 4.79 Å². The Kier molecular flexibility index (Phi) is 5.60. The zero-order valence-electron chi connectivity index (χ0n) is 14.1. The molecular weight excluding hydrogens is 292 g/mol. The Bertz CT molecular complexity index is 668. The van der Waals surface area contributed by atoms with Gasteiger partial charge in [-0.25, -0.2) is 9.78 Å². The number of nitrogens with zero attached hydrogens (tertiary/aromatic N) is 2. The van der Waals surface area contributed by atoms with Crippen LogP contribution in [0.2, 0.25) is 0 Å². The van der Waals surface area contributed by atoms with Crippen LogP contribution in [0.25, 0.3) is 5.65 Å². The maximum atomic E-state index is 12.0. The molecule has 0 aromatic carbocycles. The molecule has 0 radical (unpaired) electrons. The first-order chi connectivity index (χ1) is 11.0. The maximum absolute atomic E-state index is 12.0. The van der Waals surface area contributed by atoms with Gasteiger partial charge >= 0.3 is 6.03 Å². The van der Waals surface area contributed by atoms with Crippen molar-refractivity contribution in [3.8, 4) is 0 Å². The normalized spacial score (nSPS) is 13.7. The van der Waals surface area contributed by atoms with Crippen molar-refractivity contribution in [3.05, 3.63) is 35.8 Å². The van der Waals surface area contributed by atoms with E-state index in [1.807, 2.05) is 49.7 Å². The highest BCUT2D eigenvalue weighted by Gasteiger charge is 2.23. The van der Waals surface area contributed by atoms with Crippen molar-refractivity contribution in [2.24, 2.45) is 0 Å². The summed E-state index contributed by atoms with van der Waals surface area (Å²) in [5, 5.41) is 14.9. The van der Waals surface area contributed by atoms with E-state index in [1.54, 1.807) is 0 Å². The summed E-state index contributed by atoms with van der Waals surface area (Å²) in [6.45, 7) is 6.55. The quantitative estimate of drug-likeness (QED) is 0.731. The van der Waals surface area contributed by atoms with Crippen LogP contribution in [0, 0.1) is 6.92 Å². The second-order valence-corrected chi connectivity index (χ2v) is 6.17. The van der Waals surface area contributed by atoms with Gasteiger partial charge in [0.15, 0.2) is 0 Å². The number of pyridine rings is 1. The number of aliphatic hydroxyl groups excluding tert-OH is 1. The van der Waals surface area contributed by atoms with Crippen LogP contribution < -0.4 is 10.6 Å². The highest BCUT2D eigenvalue weighted by molar-refractivity contribution is 5.74. The number of nitrogens with one attached hydrogen (secondary N) is 2. The second kappa shape index (κ2) is 7.46. The highest BCUT2D eigenvalue weighted by Crippen LogP contribution is 2.13. The van der Waals surface area contributed by atoms with E-state index in [0.717, 1.165) is 23.3 Å². The Hall–Kier alpha value is -2.08. The predicted octanol–water partition coefficient (Wildman–Crippen LogP) is 2.04. The van der Waals surface area contributed by atoms with Gasteiger partial charge < -0.3 is 20.1 Å². The number of amides is 2. The van der Waals surface area contributed by atoms with Gasteiger partial charge in [-0.2, -0.15) is 0 Å². The number of aromatic nitrogens is 2. The first-order valence-corrected chi connectivity index (χ1v) is 8.07. The monoisotopic (exact) mass is 318 g/mol. The lowest BCUT2D eigenvalue weighted by molar-refractivity contribution is 0.201. The Balaban J connectivity index is 1.86. The first kappa shape index (κ1) is 17.3. The molecule has 2 aromatic rings. The predicted molar refractivity (Wildman–Crippen MR) is 90.6 cm³/mol. The minimum absolute atomic E-state index is 0.0607. The molecule has 0 bridgehead atoms. The van der Waals surface area contributed by atoms with Gasteiger partial charge in [0, 0.05) is 37.5 Å². The van der Waals surface area contributed by atoms with Crippen LogP contribution in [0.15, 0.2) is 24.5 Å². The fourth-order valence-electron chi connectivity index (χ4n) is 2.52. The van der Waals surface area contributed by atoms with Crippen LogP contribution in [0.4, 0.5) is 4.79 Å². The Morgan fingerprint density at radius 3 is 2.91 bits per heavy atom. The summed E-state index contributed by atoms with van der Waals surface area (Å²) in [6, 6.07) is 3.82. The molecule has 0 saturated carbocycles. The third-order valence-electron chi connectivity index (χ3n) is 4.25. The van der Waals surface area contributed by atoms with Crippen molar-refractivity contribution in [2.75, 3.05) is 13.2 Å². The number of carbonyl (C=O) groups excluding carboxylic acids is 1. The molecule has 0 fully saturated rings. The largest absolute Gasteiger partial charge is 0.396 e. The number of hydrogen-bond acceptors (Lipinski definition) is 3. The number of fused-ring (bicyclic) bond motifs is 1. The van der Waals surface area contributed by atoms with E-state index in [2.05, 4.69) is 15.6 Å². The average molecular weight is 318 g/mol. The summed E-state index contributed by atoms with van der Waals surface area (Å²) in [7, 11) is 0. The van der Waals surface area contributed by atoms with Gasteiger partial charge in [-0.15, -0.1) is 0 Å². The van der Waals surface area contributed by atoms with Crippen LogP contribution in [-0.4, -0.2) is 39.2 Å². The molecule has 126 valence electrons. The van der Waals surface area contributed by atoms with Crippen molar-refractivity contribution in [3.63, 3.8) is 0 Å². The first-order valence-electron chi connectivity index (χ1n) is 8.07. The molecule has 0 aliphatic rings. The summed E-state index contributed by atoms with van der Waals surface area (Å²) >= 11 is 0. The summed E-state index contributed by atoms with van der Waals surface area (Å²) in [5.41, 5.74) is 2.66. The number of aliphatic hydroxyl groups is 1. The number of urea groups is 1. The SMILES string of the molecule is CCC(C)(CCO)NC(=O)NCCc1cn2cccc(C)c2n1. The number of rotatable bonds is 7. The van der Waals surface area contributed by atoms with Crippen LogP contribution >= 0.6 is 0 Å². The molecule has 2 rings (SSSR count). The van der Waals surface area contributed by atoms with Crippen molar-refractivity contribution < 1.29 is 9.90 Å². The highest BCUT2D eigenvalue weighted by atomic mass is 16.3. The molecule has 3 N–H and O–H groups in total. The molecule has 1 atom stereocenters. The molecule has 0 spiro atoms. The lowest BCUT2D eigenvalue weighted by Crippen LogP contribution is -2.50. The lowest BCUT2D eigenvalue weighted by Gasteiger charge is -2.28. The standard InChI is InChI=1S/C17H26N4O2/c1-4-17(3,8-11-22)20-16(23)18-9-7-14-12-21-10-5-6-13(2)15(21)19-14/h5-6,10,12,22H,4,7-9,11H2,1-3H3,(H2,18,20,23). The molecule has 0 saturated heterocycles. The number of carbonyl (C=O) groups is 1. The zero-order valence-corrected chi connectivity index (χ0v) is 14.1. The van der Waals surface area contributed by atoms with Crippen LogP contribution in [-0.2, 0) is 6.42 Å². The minimum Gasteiger partial charge on any atom is -0.396 e. The Labute approximate surface area is 136 Å². The fourth-order valence-corrected chi connectivity index (χ4v) is 2.52.